The van der Waals surface area contributed by atoms with Gasteiger partial charge in [-0.05, 0) is 19.1 Å². The van der Waals surface area contributed by atoms with Crippen molar-refractivity contribution < 1.29 is 43.9 Å². The molecule has 0 aliphatic carbocycles. The predicted molar refractivity (Wildman–Crippen MR) is 98.5 cm³/mol. The van der Waals surface area contributed by atoms with Crippen LogP contribution in [0.2, 0.25) is 0 Å². The third-order valence-corrected chi connectivity index (χ3v) is 5.07. The van der Waals surface area contributed by atoms with Crippen LogP contribution in [0.4, 0.5) is 0 Å². The van der Waals surface area contributed by atoms with E-state index in [1.54, 1.807) is 13.0 Å². The molecular weight excluding hydrogens is 384 g/mol. The van der Waals surface area contributed by atoms with Gasteiger partial charge in [-0.2, -0.15) is 0 Å². The lowest BCUT2D eigenvalue weighted by molar-refractivity contribution is -0.167. The van der Waals surface area contributed by atoms with Crippen molar-refractivity contribution in [1.82, 2.24) is 0 Å². The molecule has 0 saturated carbocycles. The minimum absolute atomic E-state index is 0.0499. The topological polar surface area (TPSA) is 135 Å². The zero-order chi connectivity index (χ0) is 21.3. The van der Waals surface area contributed by atoms with Gasteiger partial charge in [-0.1, -0.05) is 6.08 Å². The van der Waals surface area contributed by atoms with E-state index in [1.165, 1.54) is 19.3 Å². The number of phenolic OH excluding ortho intramolecular Hbond substituents is 1. The predicted octanol–water partition coefficient (Wildman–Crippen LogP) is 1.00. The molecule has 0 radical (unpaired) electrons. The van der Waals surface area contributed by atoms with Gasteiger partial charge in [-0.3, -0.25) is 0 Å². The summed E-state index contributed by atoms with van der Waals surface area (Å²) in [5.41, 5.74) is -1.99. The van der Waals surface area contributed by atoms with Gasteiger partial charge in [0.05, 0.1) is 26.4 Å². The summed E-state index contributed by atoms with van der Waals surface area (Å²) in [5.74, 6) is -1.76. The second kappa shape index (κ2) is 8.02. The van der Waals surface area contributed by atoms with Gasteiger partial charge in [-0.25, -0.2) is 9.59 Å². The van der Waals surface area contributed by atoms with Crippen LogP contribution in [0, 0.1) is 0 Å². The van der Waals surface area contributed by atoms with Gasteiger partial charge >= 0.3 is 11.9 Å². The van der Waals surface area contributed by atoms with Crippen molar-refractivity contribution in [3.63, 3.8) is 0 Å². The number of aliphatic hydroxyl groups excluding tert-OH is 1. The number of benzene rings is 1. The van der Waals surface area contributed by atoms with Crippen LogP contribution in [0.1, 0.15) is 41.8 Å². The number of ether oxygens (including phenoxy) is 4. The van der Waals surface area contributed by atoms with Gasteiger partial charge in [0.25, 0.3) is 0 Å². The van der Waals surface area contributed by atoms with Crippen molar-refractivity contribution in [1.29, 1.82) is 0 Å². The molecule has 29 heavy (non-hydrogen) atoms. The summed E-state index contributed by atoms with van der Waals surface area (Å²) >= 11 is 0. The number of phenols is 1. The summed E-state index contributed by atoms with van der Waals surface area (Å²) in [7, 11) is 2.52. The molecule has 3 rings (SSSR count). The highest BCUT2D eigenvalue weighted by Crippen LogP contribution is 2.47. The SMILES string of the molecule is COC(=O)C1(O)/C=C\C[C@H](C)OC(=O)c2c(O)cc(OC)cc2[C@H]2O[C@@H]2CC1O. The van der Waals surface area contributed by atoms with Crippen LogP contribution in [0.5, 0.6) is 11.5 Å². The van der Waals surface area contributed by atoms with E-state index >= 15 is 0 Å². The van der Waals surface area contributed by atoms with Crippen molar-refractivity contribution in [3.8, 4) is 11.5 Å². The monoisotopic (exact) mass is 408 g/mol. The standard InChI is InChI=1S/C20H24O9/c1-10-5-4-6-20(25,19(24)27-3)15(22)9-14-17(29-14)12-7-11(26-2)8-13(21)16(12)18(23)28-10/h4,6-8,10,14-15,17,21-22,25H,5,9H2,1-3H3/b6-4-/t10-,14+,15?,17+,20?/m0/s1. The van der Waals surface area contributed by atoms with Crippen molar-refractivity contribution in [2.24, 2.45) is 0 Å². The number of hydrogen-bond acceptors (Lipinski definition) is 9. The fraction of sp³-hybridized carbons (Fsp3) is 0.500. The molecular formula is C20H24O9. The molecule has 5 atom stereocenters. The highest BCUT2D eigenvalue weighted by atomic mass is 16.6. The maximum absolute atomic E-state index is 12.7. The largest absolute Gasteiger partial charge is 0.507 e. The van der Waals surface area contributed by atoms with Gasteiger partial charge in [0.1, 0.15) is 29.3 Å². The Labute approximate surface area is 167 Å². The van der Waals surface area contributed by atoms with E-state index in [4.69, 9.17) is 14.2 Å². The van der Waals surface area contributed by atoms with Crippen molar-refractivity contribution in [2.75, 3.05) is 14.2 Å². The van der Waals surface area contributed by atoms with Crippen LogP contribution in [0.3, 0.4) is 0 Å². The van der Waals surface area contributed by atoms with Gasteiger partial charge in [0, 0.05) is 24.5 Å². The third-order valence-electron chi connectivity index (χ3n) is 5.07. The Hall–Kier alpha value is -2.62. The first-order valence-corrected chi connectivity index (χ1v) is 9.15. The Kier molecular flexibility index (Phi) is 5.83. The number of esters is 2. The smallest absolute Gasteiger partial charge is 0.344 e. The van der Waals surface area contributed by atoms with E-state index < -0.39 is 42.0 Å². The summed E-state index contributed by atoms with van der Waals surface area (Å²) in [6.07, 6.45) is -0.802. The van der Waals surface area contributed by atoms with E-state index in [9.17, 15) is 24.9 Å². The molecule has 1 aromatic carbocycles. The summed E-state index contributed by atoms with van der Waals surface area (Å²) < 4.78 is 20.7. The molecule has 2 aliphatic rings. The number of aliphatic hydroxyl groups is 2. The molecule has 0 amide bonds. The quantitative estimate of drug-likeness (QED) is 0.372. The lowest BCUT2D eigenvalue weighted by Gasteiger charge is -2.27. The summed E-state index contributed by atoms with van der Waals surface area (Å²) in [5, 5.41) is 31.6. The Morgan fingerprint density at radius 3 is 2.69 bits per heavy atom. The van der Waals surface area contributed by atoms with E-state index in [2.05, 4.69) is 4.74 Å². The summed E-state index contributed by atoms with van der Waals surface area (Å²) in [6.45, 7) is 1.62. The zero-order valence-electron chi connectivity index (χ0n) is 16.3. The van der Waals surface area contributed by atoms with E-state index in [1.807, 2.05) is 0 Å². The number of epoxide rings is 1. The number of carbonyl (C=O) groups excluding carboxylic acids is 2. The first kappa shape index (κ1) is 21.1. The Morgan fingerprint density at radius 1 is 1.31 bits per heavy atom. The Morgan fingerprint density at radius 2 is 2.03 bits per heavy atom. The second-order valence-electron chi connectivity index (χ2n) is 7.13. The average molecular weight is 408 g/mol. The third kappa shape index (κ3) is 4.07. The zero-order valence-corrected chi connectivity index (χ0v) is 16.3. The van der Waals surface area contributed by atoms with E-state index in [0.29, 0.717) is 11.3 Å². The minimum Gasteiger partial charge on any atom is -0.507 e. The lowest BCUT2D eigenvalue weighted by Crippen LogP contribution is -2.49. The molecule has 2 heterocycles. The fourth-order valence-electron chi connectivity index (χ4n) is 3.39. The van der Waals surface area contributed by atoms with Crippen LogP contribution in [-0.2, 0) is 19.0 Å². The number of methoxy groups -OCH3 is 2. The molecule has 9 nitrogen and oxygen atoms in total. The van der Waals surface area contributed by atoms with Crippen LogP contribution in [0.25, 0.3) is 0 Å². The molecule has 1 aromatic rings. The maximum Gasteiger partial charge on any atom is 0.344 e. The molecule has 0 spiro atoms. The molecule has 1 fully saturated rings. The Bertz CT molecular complexity index is 833. The number of carbonyl (C=O) groups is 2. The number of aromatic hydroxyl groups is 1. The molecule has 1 saturated heterocycles. The number of fused-ring (bicyclic) bond motifs is 3. The first-order chi connectivity index (χ1) is 13.7. The lowest BCUT2D eigenvalue weighted by atomic mass is 9.90. The van der Waals surface area contributed by atoms with E-state index in [0.717, 1.165) is 13.2 Å². The maximum atomic E-state index is 12.7. The Balaban J connectivity index is 2.02. The minimum atomic E-state index is -2.28. The normalized spacial score (nSPS) is 32.9. The van der Waals surface area contributed by atoms with Gasteiger partial charge < -0.3 is 34.3 Å². The van der Waals surface area contributed by atoms with Crippen molar-refractivity contribution in [2.45, 2.75) is 49.8 Å². The molecule has 3 N–H and O–H groups in total. The number of hydrogen-bond donors (Lipinski definition) is 3. The fourth-order valence-corrected chi connectivity index (χ4v) is 3.39. The molecule has 2 aliphatic heterocycles. The van der Waals surface area contributed by atoms with E-state index in [-0.39, 0.29) is 24.2 Å². The van der Waals surface area contributed by atoms with Crippen LogP contribution >= 0.6 is 0 Å². The molecule has 0 bridgehead atoms. The molecule has 9 heteroatoms. The number of rotatable bonds is 2. The molecule has 158 valence electrons. The first-order valence-electron chi connectivity index (χ1n) is 9.15. The van der Waals surface area contributed by atoms with Crippen molar-refractivity contribution >= 4 is 11.9 Å². The van der Waals surface area contributed by atoms with Crippen LogP contribution in [-0.4, -0.2) is 65.4 Å². The summed E-state index contributed by atoms with van der Waals surface area (Å²) in [4.78, 5) is 24.8. The second-order valence-corrected chi connectivity index (χ2v) is 7.13. The molecule has 2 unspecified atom stereocenters. The highest BCUT2D eigenvalue weighted by Gasteiger charge is 2.50. The van der Waals surface area contributed by atoms with Crippen molar-refractivity contribution in [3.05, 3.63) is 35.4 Å². The van der Waals surface area contributed by atoms with Gasteiger partial charge in [0.2, 0.25) is 5.60 Å². The average Bonchev–Trinajstić information content (AvgIpc) is 3.44. The number of cyclic esters (lactones) is 1. The highest BCUT2D eigenvalue weighted by molar-refractivity contribution is 5.95. The van der Waals surface area contributed by atoms with Crippen LogP contribution < -0.4 is 4.74 Å². The van der Waals surface area contributed by atoms with Crippen LogP contribution in [0.15, 0.2) is 24.3 Å². The summed E-state index contributed by atoms with van der Waals surface area (Å²) in [6, 6.07) is 2.84. The van der Waals surface area contributed by atoms with Gasteiger partial charge in [-0.15, -0.1) is 0 Å². The van der Waals surface area contributed by atoms with Gasteiger partial charge in [0.15, 0.2) is 0 Å². The molecule has 0 aromatic heterocycles.